The topological polar surface area (TPSA) is 114 Å². The minimum Gasteiger partial charge on any atom is -0.464 e. The number of benzene rings is 1. The lowest BCUT2D eigenvalue weighted by molar-refractivity contribution is -0.144. The van der Waals surface area contributed by atoms with E-state index in [-0.39, 0.29) is 18.3 Å². The number of piperidine rings is 1. The van der Waals surface area contributed by atoms with E-state index in [1.54, 1.807) is 25.5 Å². The molecule has 1 aliphatic rings. The average Bonchev–Trinajstić information content (AvgIpc) is 2.94. The van der Waals surface area contributed by atoms with E-state index < -0.39 is 22.9 Å². The van der Waals surface area contributed by atoms with Crippen molar-refractivity contribution < 1.29 is 9.53 Å². The normalized spacial score (nSPS) is 16.4. The number of nitrogens with one attached hydrogen (secondary N) is 2. The number of hydrogen-bond donors (Lipinski definition) is 2. The molecule has 9 nitrogen and oxygen atoms in total. The molecule has 2 atom stereocenters. The number of nitrogens with zero attached hydrogens (tertiary/aromatic N) is 3. The van der Waals surface area contributed by atoms with Gasteiger partial charge >= 0.3 is 5.97 Å². The quantitative estimate of drug-likeness (QED) is 0.254. The summed E-state index contributed by atoms with van der Waals surface area (Å²) in [6.45, 7) is 4.74. The second-order valence-electron chi connectivity index (χ2n) is 9.65. The van der Waals surface area contributed by atoms with Crippen molar-refractivity contribution in [3.8, 4) is 0 Å². The largest absolute Gasteiger partial charge is 0.464 e. The molecule has 0 saturated carbocycles. The zero-order valence-electron chi connectivity index (χ0n) is 21.6. The van der Waals surface area contributed by atoms with Crippen molar-refractivity contribution in [2.75, 3.05) is 28.7 Å². The van der Waals surface area contributed by atoms with Crippen LogP contribution in [0.4, 0.5) is 22.9 Å². The number of hydrogen-bond acceptors (Lipinski definition) is 9. The van der Waals surface area contributed by atoms with Crippen molar-refractivity contribution in [2.45, 2.75) is 51.6 Å². The van der Waals surface area contributed by atoms with Gasteiger partial charge in [0, 0.05) is 48.7 Å². The Balaban J connectivity index is 1.34. The summed E-state index contributed by atoms with van der Waals surface area (Å²) in [6, 6.07) is 10.9. The van der Waals surface area contributed by atoms with E-state index in [9.17, 15) is 14.4 Å². The second-order valence-corrected chi connectivity index (χ2v) is 9.65. The van der Waals surface area contributed by atoms with Gasteiger partial charge in [0.05, 0.1) is 6.61 Å². The van der Waals surface area contributed by atoms with Crippen molar-refractivity contribution >= 4 is 39.6 Å². The highest BCUT2D eigenvalue weighted by atomic mass is 16.5. The number of rotatable bonds is 9. The van der Waals surface area contributed by atoms with Crippen LogP contribution in [0.5, 0.6) is 0 Å². The molecule has 0 bridgehead atoms. The average molecular weight is 514 g/mol. The number of esters is 1. The third-order valence-corrected chi connectivity index (χ3v) is 7.09. The second kappa shape index (κ2) is 11.0. The molecule has 3 heterocycles. The molecule has 2 aromatic carbocycles. The van der Waals surface area contributed by atoms with Crippen molar-refractivity contribution in [3.63, 3.8) is 0 Å². The van der Waals surface area contributed by atoms with Crippen LogP contribution >= 0.6 is 0 Å². The van der Waals surface area contributed by atoms with Crippen LogP contribution in [0.3, 0.4) is 0 Å². The number of fused-ring (bicyclic) bond motifs is 1. The Labute approximate surface area is 220 Å². The number of pyridine rings is 2. The van der Waals surface area contributed by atoms with Gasteiger partial charge in [-0.2, -0.15) is 0 Å². The summed E-state index contributed by atoms with van der Waals surface area (Å²) in [5, 5.41) is 8.34. The SMILES string of the molecule is CCOC(=O)[C@H](Cc1ccc(Nc2nccc3ccncc23)cc1)Nc1c(N2CCCC[C@H]2C)c(=O)c1=O. The van der Waals surface area contributed by atoms with Gasteiger partial charge in [-0.25, -0.2) is 9.78 Å². The fourth-order valence-corrected chi connectivity index (χ4v) is 5.03. The van der Waals surface area contributed by atoms with Crippen LogP contribution in [-0.2, 0) is 16.0 Å². The highest BCUT2D eigenvalue weighted by Crippen LogP contribution is 2.29. The van der Waals surface area contributed by atoms with Crippen LogP contribution in [0.15, 0.2) is 64.6 Å². The number of carbonyl (C=O) groups excluding carboxylic acids is 1. The lowest BCUT2D eigenvalue weighted by Gasteiger charge is -2.37. The van der Waals surface area contributed by atoms with E-state index in [0.717, 1.165) is 47.8 Å². The number of carbonyl (C=O) groups is 1. The van der Waals surface area contributed by atoms with Gasteiger partial charge in [0.2, 0.25) is 0 Å². The molecule has 0 aliphatic carbocycles. The Morgan fingerprint density at radius 2 is 1.89 bits per heavy atom. The molecule has 0 spiro atoms. The van der Waals surface area contributed by atoms with E-state index in [1.165, 1.54) is 0 Å². The Hall–Kier alpha value is -4.27. The fraction of sp³-hybridized carbons (Fsp3) is 0.345. The molecule has 38 heavy (non-hydrogen) atoms. The van der Waals surface area contributed by atoms with E-state index >= 15 is 0 Å². The predicted octanol–water partition coefficient (Wildman–Crippen LogP) is 3.93. The predicted molar refractivity (Wildman–Crippen MR) is 149 cm³/mol. The first kappa shape index (κ1) is 25.4. The first-order valence-electron chi connectivity index (χ1n) is 13.0. The van der Waals surface area contributed by atoms with Gasteiger partial charge in [-0.15, -0.1) is 0 Å². The van der Waals surface area contributed by atoms with Crippen molar-refractivity contribution in [3.05, 3.63) is 81.0 Å². The summed E-state index contributed by atoms with van der Waals surface area (Å²) in [4.78, 5) is 48.5. The Morgan fingerprint density at radius 1 is 1.11 bits per heavy atom. The zero-order chi connectivity index (χ0) is 26.6. The van der Waals surface area contributed by atoms with Gasteiger partial charge in [0.1, 0.15) is 23.2 Å². The smallest absolute Gasteiger partial charge is 0.328 e. The molecule has 2 N–H and O–H groups in total. The van der Waals surface area contributed by atoms with E-state index in [2.05, 4.69) is 27.5 Å². The van der Waals surface area contributed by atoms with Crippen LogP contribution in [0, 0.1) is 0 Å². The third kappa shape index (κ3) is 5.09. The molecule has 2 aromatic heterocycles. The van der Waals surface area contributed by atoms with Crippen LogP contribution < -0.4 is 26.4 Å². The highest BCUT2D eigenvalue weighted by Gasteiger charge is 2.33. The van der Waals surface area contributed by atoms with E-state index in [1.807, 2.05) is 41.3 Å². The highest BCUT2D eigenvalue weighted by molar-refractivity contribution is 5.92. The molecule has 9 heteroatoms. The monoisotopic (exact) mass is 513 g/mol. The molecule has 196 valence electrons. The minimum absolute atomic E-state index is 0.167. The van der Waals surface area contributed by atoms with Crippen LogP contribution in [0.2, 0.25) is 0 Å². The molecule has 0 amide bonds. The lowest BCUT2D eigenvalue weighted by Crippen LogP contribution is -2.49. The lowest BCUT2D eigenvalue weighted by atomic mass is 9.99. The number of anilines is 4. The van der Waals surface area contributed by atoms with Gasteiger partial charge in [-0.1, -0.05) is 12.1 Å². The van der Waals surface area contributed by atoms with Crippen molar-refractivity contribution in [1.82, 2.24) is 9.97 Å². The van der Waals surface area contributed by atoms with E-state index in [4.69, 9.17) is 4.74 Å². The summed E-state index contributed by atoms with van der Waals surface area (Å²) >= 11 is 0. The molecule has 1 fully saturated rings. The zero-order valence-corrected chi connectivity index (χ0v) is 21.6. The van der Waals surface area contributed by atoms with Crippen LogP contribution in [0.1, 0.15) is 38.7 Å². The number of ether oxygens (including phenoxy) is 1. The van der Waals surface area contributed by atoms with Crippen molar-refractivity contribution in [1.29, 1.82) is 0 Å². The molecule has 1 saturated heterocycles. The van der Waals surface area contributed by atoms with Gasteiger partial charge in [-0.3, -0.25) is 14.6 Å². The molecule has 0 radical (unpaired) electrons. The van der Waals surface area contributed by atoms with Crippen LogP contribution in [0.25, 0.3) is 10.8 Å². The molecule has 1 aliphatic heterocycles. The Morgan fingerprint density at radius 3 is 2.66 bits per heavy atom. The molecular formula is C29H31N5O4. The number of aromatic nitrogens is 2. The Bertz CT molecular complexity index is 1500. The maximum absolute atomic E-state index is 12.8. The summed E-state index contributed by atoms with van der Waals surface area (Å²) in [5.41, 5.74) is 1.26. The first-order valence-corrected chi connectivity index (χ1v) is 13.0. The maximum atomic E-state index is 12.8. The summed E-state index contributed by atoms with van der Waals surface area (Å²) in [7, 11) is 0. The first-order chi connectivity index (χ1) is 18.5. The molecule has 5 rings (SSSR count). The standard InChI is InChI=1S/C29H31N5O4/c1-3-38-29(37)23(33-24-25(27(36)26(24)35)34-15-5-4-6-18(34)2)16-19-7-9-21(10-8-19)32-28-22-17-30-13-11-20(22)12-14-31-28/h7-14,17-18,23,33H,3-6,15-16H2,1-2H3,(H,31,32)/t18-,23+/m1/s1. The molecular weight excluding hydrogens is 482 g/mol. The molecule has 0 unspecified atom stereocenters. The summed E-state index contributed by atoms with van der Waals surface area (Å²) < 4.78 is 5.29. The summed E-state index contributed by atoms with van der Waals surface area (Å²) in [6.07, 6.45) is 8.58. The van der Waals surface area contributed by atoms with Gasteiger partial charge < -0.3 is 20.3 Å². The maximum Gasteiger partial charge on any atom is 0.328 e. The van der Waals surface area contributed by atoms with Crippen molar-refractivity contribution in [2.24, 2.45) is 0 Å². The van der Waals surface area contributed by atoms with Crippen LogP contribution in [-0.4, -0.2) is 41.2 Å². The third-order valence-electron chi connectivity index (χ3n) is 7.09. The van der Waals surface area contributed by atoms with Gasteiger partial charge in [-0.05, 0) is 68.3 Å². The van der Waals surface area contributed by atoms with E-state index in [0.29, 0.717) is 17.9 Å². The molecule has 4 aromatic rings. The van der Waals surface area contributed by atoms with Gasteiger partial charge in [0.25, 0.3) is 10.9 Å². The minimum atomic E-state index is -0.804. The summed E-state index contributed by atoms with van der Waals surface area (Å²) in [5.74, 6) is 0.238. The Kier molecular flexibility index (Phi) is 7.35. The fourth-order valence-electron chi connectivity index (χ4n) is 5.03. The van der Waals surface area contributed by atoms with Gasteiger partial charge in [0.15, 0.2) is 0 Å².